The highest BCUT2D eigenvalue weighted by molar-refractivity contribution is 9.10. The van der Waals surface area contributed by atoms with Crippen LogP contribution in [0.25, 0.3) is 0 Å². The van der Waals surface area contributed by atoms with Crippen molar-refractivity contribution in [2.24, 2.45) is 0 Å². The van der Waals surface area contributed by atoms with Gasteiger partial charge in [-0.15, -0.1) is 0 Å². The predicted molar refractivity (Wildman–Crippen MR) is 86.8 cm³/mol. The topological polar surface area (TPSA) is 40.5 Å². The molecular weight excluding hydrogens is 330 g/mol. The molecule has 1 atom stereocenters. The van der Waals surface area contributed by atoms with Crippen LogP contribution in [0.4, 0.5) is 0 Å². The Hall–Kier alpha value is -0.870. The molecule has 0 radical (unpaired) electrons. The maximum Gasteiger partial charge on any atom is 0.314 e. The van der Waals surface area contributed by atoms with Crippen LogP contribution in [0.15, 0.2) is 22.7 Å². The number of halogens is 1. The van der Waals surface area contributed by atoms with Crippen molar-refractivity contribution in [3.63, 3.8) is 0 Å². The lowest BCUT2D eigenvalue weighted by Gasteiger charge is -2.25. The molecule has 2 aliphatic rings. The summed E-state index contributed by atoms with van der Waals surface area (Å²) in [6.07, 6.45) is 4.73. The first-order valence-corrected chi connectivity index (χ1v) is 8.54. The number of hydrogen-bond acceptors (Lipinski definition) is 2. The standard InChI is InChI=1S/C17H22BrNO2/c1-19-9-6-12(11-19)14-5-4-13(10-15(14)18)17(16(20)21)7-2-3-8-17/h4-5,10,12H,2-3,6-9,11H2,1H3,(H,20,21). The molecule has 1 saturated carbocycles. The van der Waals surface area contributed by atoms with Gasteiger partial charge in [0.05, 0.1) is 5.41 Å². The third kappa shape index (κ3) is 2.64. The van der Waals surface area contributed by atoms with E-state index < -0.39 is 11.4 Å². The van der Waals surface area contributed by atoms with Crippen LogP contribution < -0.4 is 0 Å². The highest BCUT2D eigenvalue weighted by Gasteiger charge is 2.43. The average Bonchev–Trinajstić information content (AvgIpc) is 3.08. The van der Waals surface area contributed by atoms with E-state index in [0.29, 0.717) is 5.92 Å². The molecular formula is C17H22BrNO2. The van der Waals surface area contributed by atoms with Gasteiger partial charge in [-0.05, 0) is 56.0 Å². The Labute approximate surface area is 134 Å². The zero-order valence-corrected chi connectivity index (χ0v) is 14.0. The molecule has 3 nitrogen and oxygen atoms in total. The van der Waals surface area contributed by atoms with Crippen LogP contribution in [0, 0.1) is 0 Å². The molecule has 1 aliphatic heterocycles. The van der Waals surface area contributed by atoms with Gasteiger partial charge in [0.15, 0.2) is 0 Å². The summed E-state index contributed by atoms with van der Waals surface area (Å²) in [7, 11) is 2.15. The molecule has 2 fully saturated rings. The molecule has 1 saturated heterocycles. The first-order valence-electron chi connectivity index (χ1n) is 7.75. The zero-order valence-electron chi connectivity index (χ0n) is 12.4. The fraction of sp³-hybridized carbons (Fsp3) is 0.588. The second-order valence-corrected chi connectivity index (χ2v) is 7.43. The summed E-state index contributed by atoms with van der Waals surface area (Å²) < 4.78 is 1.08. The fourth-order valence-corrected chi connectivity index (χ4v) is 4.65. The van der Waals surface area contributed by atoms with E-state index in [1.54, 1.807) is 0 Å². The molecule has 1 N–H and O–H groups in total. The minimum atomic E-state index is -0.666. The van der Waals surface area contributed by atoms with E-state index in [0.717, 1.165) is 48.8 Å². The van der Waals surface area contributed by atoms with Gasteiger partial charge in [0, 0.05) is 11.0 Å². The number of benzene rings is 1. The minimum Gasteiger partial charge on any atom is -0.481 e. The summed E-state index contributed by atoms with van der Waals surface area (Å²) in [6, 6.07) is 6.26. The van der Waals surface area contributed by atoms with Gasteiger partial charge in [-0.25, -0.2) is 0 Å². The normalized spacial score (nSPS) is 25.3. The van der Waals surface area contributed by atoms with Gasteiger partial charge in [0.25, 0.3) is 0 Å². The van der Waals surface area contributed by atoms with Crippen molar-refractivity contribution < 1.29 is 9.90 Å². The molecule has 4 heteroatoms. The lowest BCUT2D eigenvalue weighted by Crippen LogP contribution is -2.32. The predicted octanol–water partition coefficient (Wildman–Crippen LogP) is 3.76. The molecule has 21 heavy (non-hydrogen) atoms. The smallest absolute Gasteiger partial charge is 0.314 e. The fourth-order valence-electron chi connectivity index (χ4n) is 3.95. The van der Waals surface area contributed by atoms with Gasteiger partial charge in [0.1, 0.15) is 0 Å². The Bertz CT molecular complexity index is 552. The molecule has 1 unspecified atom stereocenters. The number of likely N-dealkylation sites (tertiary alicyclic amines) is 1. The van der Waals surface area contributed by atoms with Crippen LogP contribution in [0.3, 0.4) is 0 Å². The van der Waals surface area contributed by atoms with E-state index >= 15 is 0 Å². The van der Waals surface area contributed by atoms with Gasteiger partial charge in [0.2, 0.25) is 0 Å². The summed E-state index contributed by atoms with van der Waals surface area (Å²) >= 11 is 3.69. The highest BCUT2D eigenvalue weighted by atomic mass is 79.9. The van der Waals surface area contributed by atoms with Crippen LogP contribution in [0.5, 0.6) is 0 Å². The van der Waals surface area contributed by atoms with Crippen LogP contribution >= 0.6 is 15.9 Å². The average molecular weight is 352 g/mol. The second-order valence-electron chi connectivity index (χ2n) is 6.58. The Morgan fingerprint density at radius 2 is 2.10 bits per heavy atom. The molecule has 1 heterocycles. The van der Waals surface area contributed by atoms with Crippen molar-refractivity contribution in [2.45, 2.75) is 43.4 Å². The van der Waals surface area contributed by atoms with E-state index in [9.17, 15) is 9.90 Å². The molecule has 0 aromatic heterocycles. The van der Waals surface area contributed by atoms with Gasteiger partial charge in [-0.2, -0.15) is 0 Å². The molecule has 0 amide bonds. The summed E-state index contributed by atoms with van der Waals surface area (Å²) in [5, 5.41) is 9.70. The van der Waals surface area contributed by atoms with Crippen LogP contribution in [-0.2, 0) is 10.2 Å². The molecule has 3 rings (SSSR count). The van der Waals surface area contributed by atoms with Crippen LogP contribution in [-0.4, -0.2) is 36.1 Å². The van der Waals surface area contributed by atoms with Crippen molar-refractivity contribution in [3.8, 4) is 0 Å². The number of carbonyl (C=O) groups is 1. The monoisotopic (exact) mass is 351 g/mol. The van der Waals surface area contributed by atoms with Crippen molar-refractivity contribution in [2.75, 3.05) is 20.1 Å². The molecule has 0 spiro atoms. The number of nitrogens with zero attached hydrogens (tertiary/aromatic N) is 1. The molecule has 0 bridgehead atoms. The lowest BCUT2D eigenvalue weighted by molar-refractivity contribution is -0.143. The minimum absolute atomic E-state index is 0.558. The first-order chi connectivity index (χ1) is 10.0. The Balaban J connectivity index is 1.92. The van der Waals surface area contributed by atoms with Crippen molar-refractivity contribution in [3.05, 3.63) is 33.8 Å². The largest absolute Gasteiger partial charge is 0.481 e. The number of carboxylic acid groups (broad SMARTS) is 1. The van der Waals surface area contributed by atoms with E-state index in [1.807, 2.05) is 0 Å². The summed E-state index contributed by atoms with van der Waals surface area (Å²) in [4.78, 5) is 14.1. The number of hydrogen-bond donors (Lipinski definition) is 1. The maximum atomic E-state index is 11.8. The highest BCUT2D eigenvalue weighted by Crippen LogP contribution is 2.43. The molecule has 1 aromatic rings. The third-order valence-electron chi connectivity index (χ3n) is 5.25. The summed E-state index contributed by atoms with van der Waals surface area (Å²) in [5.41, 5.74) is 1.63. The van der Waals surface area contributed by atoms with E-state index in [4.69, 9.17) is 0 Å². The Morgan fingerprint density at radius 3 is 2.62 bits per heavy atom. The Kier molecular flexibility index (Phi) is 4.10. The van der Waals surface area contributed by atoms with Gasteiger partial charge in [-0.3, -0.25) is 4.79 Å². The van der Waals surface area contributed by atoms with Crippen molar-refractivity contribution in [1.29, 1.82) is 0 Å². The van der Waals surface area contributed by atoms with E-state index in [2.05, 4.69) is 46.1 Å². The van der Waals surface area contributed by atoms with Gasteiger partial charge in [-0.1, -0.05) is 40.9 Å². The molecule has 114 valence electrons. The number of likely N-dealkylation sites (N-methyl/N-ethyl adjacent to an activating group) is 1. The van der Waals surface area contributed by atoms with E-state index in [-0.39, 0.29) is 0 Å². The first kappa shape index (κ1) is 15.0. The zero-order chi connectivity index (χ0) is 15.0. The number of rotatable bonds is 3. The van der Waals surface area contributed by atoms with Crippen molar-refractivity contribution >= 4 is 21.9 Å². The molecule has 1 aliphatic carbocycles. The van der Waals surface area contributed by atoms with Crippen LogP contribution in [0.1, 0.15) is 49.1 Å². The van der Waals surface area contributed by atoms with E-state index in [1.165, 1.54) is 12.0 Å². The second kappa shape index (κ2) is 5.73. The van der Waals surface area contributed by atoms with Gasteiger partial charge >= 0.3 is 5.97 Å². The summed E-state index contributed by atoms with van der Waals surface area (Å²) in [6.45, 7) is 2.22. The van der Waals surface area contributed by atoms with Crippen molar-refractivity contribution in [1.82, 2.24) is 4.90 Å². The number of aliphatic carboxylic acids is 1. The van der Waals surface area contributed by atoms with Gasteiger partial charge < -0.3 is 10.0 Å². The Morgan fingerprint density at radius 1 is 1.38 bits per heavy atom. The third-order valence-corrected chi connectivity index (χ3v) is 5.94. The number of carboxylic acids is 1. The van der Waals surface area contributed by atoms with Crippen LogP contribution in [0.2, 0.25) is 0 Å². The molecule has 1 aromatic carbocycles. The quantitative estimate of drug-likeness (QED) is 0.900. The maximum absolute atomic E-state index is 11.8. The SMILES string of the molecule is CN1CCC(c2ccc(C3(C(=O)O)CCCC3)cc2Br)C1. The lowest BCUT2D eigenvalue weighted by atomic mass is 9.78. The summed E-state index contributed by atoms with van der Waals surface area (Å²) in [5.74, 6) is -0.108.